The molecule has 0 bridgehead atoms. The van der Waals surface area contributed by atoms with Crippen LogP contribution >= 0.6 is 0 Å². The number of ether oxygens (including phenoxy) is 1. The number of nitrogens with one attached hydrogen (secondary N) is 2. The zero-order valence-corrected chi connectivity index (χ0v) is 12.6. The molecule has 7 heteroatoms. The van der Waals surface area contributed by atoms with E-state index in [2.05, 4.69) is 15.6 Å². The van der Waals surface area contributed by atoms with Crippen molar-refractivity contribution >= 4 is 6.03 Å². The molecule has 2 rings (SSSR count). The molecule has 6 nitrogen and oxygen atoms in total. The van der Waals surface area contributed by atoms with Crippen molar-refractivity contribution in [3.63, 3.8) is 0 Å². The number of carbonyl (C=O) groups excluding carboxylic acids is 1. The van der Waals surface area contributed by atoms with Gasteiger partial charge >= 0.3 is 6.03 Å². The Morgan fingerprint density at radius 2 is 2.09 bits per heavy atom. The highest BCUT2D eigenvalue weighted by molar-refractivity contribution is 5.73. The van der Waals surface area contributed by atoms with Gasteiger partial charge in [-0.25, -0.2) is 14.2 Å². The summed E-state index contributed by atoms with van der Waals surface area (Å²) < 4.78 is 18.6. The molecule has 0 radical (unpaired) electrons. The average molecular weight is 319 g/mol. The molecule has 2 aromatic rings. The summed E-state index contributed by atoms with van der Waals surface area (Å²) in [5.41, 5.74) is 0.863. The summed E-state index contributed by atoms with van der Waals surface area (Å²) in [4.78, 5) is 15.8. The fraction of sp³-hybridized carbons (Fsp3) is 0.250. The van der Waals surface area contributed by atoms with Gasteiger partial charge in [0.05, 0.1) is 13.2 Å². The number of aliphatic hydroxyl groups excluding tert-OH is 1. The number of hydrogen-bond acceptors (Lipinski definition) is 4. The van der Waals surface area contributed by atoms with Crippen molar-refractivity contribution in [3.05, 3.63) is 59.5 Å². The number of pyridine rings is 1. The Labute approximate surface area is 133 Å². The van der Waals surface area contributed by atoms with Gasteiger partial charge in [0.25, 0.3) is 0 Å². The van der Waals surface area contributed by atoms with Gasteiger partial charge in [-0.3, -0.25) is 0 Å². The molecule has 0 aliphatic carbocycles. The smallest absolute Gasteiger partial charge is 0.315 e. The van der Waals surface area contributed by atoms with Gasteiger partial charge in [-0.05, 0) is 12.1 Å². The third kappa shape index (κ3) is 4.65. The normalized spacial score (nSPS) is 11.6. The van der Waals surface area contributed by atoms with Crippen LogP contribution in [0.3, 0.4) is 0 Å². The molecular weight excluding hydrogens is 301 g/mol. The minimum Gasteiger partial charge on any atom is -0.481 e. The number of hydrogen-bond donors (Lipinski definition) is 3. The minimum absolute atomic E-state index is 0.100. The Hall–Kier alpha value is -2.67. The molecule has 23 heavy (non-hydrogen) atoms. The third-order valence-corrected chi connectivity index (χ3v) is 3.20. The van der Waals surface area contributed by atoms with E-state index in [0.717, 1.165) is 5.56 Å². The van der Waals surface area contributed by atoms with Crippen molar-refractivity contribution in [1.82, 2.24) is 15.6 Å². The summed E-state index contributed by atoms with van der Waals surface area (Å²) >= 11 is 0. The average Bonchev–Trinajstić information content (AvgIpc) is 2.58. The van der Waals surface area contributed by atoms with Gasteiger partial charge in [-0.2, -0.15) is 0 Å². The van der Waals surface area contributed by atoms with Crippen LogP contribution in [0.4, 0.5) is 9.18 Å². The Kier molecular flexibility index (Phi) is 5.87. The molecule has 3 N–H and O–H groups in total. The maximum Gasteiger partial charge on any atom is 0.315 e. The number of halogens is 1. The van der Waals surface area contributed by atoms with E-state index in [1.807, 2.05) is 0 Å². The summed E-state index contributed by atoms with van der Waals surface area (Å²) in [6, 6.07) is 8.92. The monoisotopic (exact) mass is 319 g/mol. The summed E-state index contributed by atoms with van der Waals surface area (Å²) in [6.45, 7) is 0.121. The molecule has 0 saturated heterocycles. The highest BCUT2D eigenvalue weighted by atomic mass is 19.1. The van der Waals surface area contributed by atoms with Gasteiger partial charge in [0.15, 0.2) is 0 Å². The lowest BCUT2D eigenvalue weighted by atomic mass is 10.1. The van der Waals surface area contributed by atoms with Gasteiger partial charge in [0, 0.05) is 30.4 Å². The lowest BCUT2D eigenvalue weighted by Crippen LogP contribution is -2.37. The molecule has 1 aromatic heterocycles. The molecule has 122 valence electrons. The number of methoxy groups -OCH3 is 1. The lowest BCUT2D eigenvalue weighted by Gasteiger charge is -2.14. The van der Waals surface area contributed by atoms with Gasteiger partial charge in [0.1, 0.15) is 5.82 Å². The topological polar surface area (TPSA) is 83.5 Å². The van der Waals surface area contributed by atoms with E-state index in [1.165, 1.54) is 25.3 Å². The molecule has 1 heterocycles. The van der Waals surface area contributed by atoms with Crippen LogP contribution in [0.5, 0.6) is 5.88 Å². The Morgan fingerprint density at radius 1 is 1.30 bits per heavy atom. The summed E-state index contributed by atoms with van der Waals surface area (Å²) in [6.07, 6.45) is 0.475. The standard InChI is InChI=1S/C16H18FN3O3/c1-23-15-11(5-4-8-18-15)9-19-16(22)20-10-14(21)12-6-2-3-7-13(12)17/h2-8,14,21H,9-10H2,1H3,(H2,19,20,22)/t14-/m1/s1. The van der Waals surface area contributed by atoms with Gasteiger partial charge < -0.3 is 20.5 Å². The van der Waals surface area contributed by atoms with Crippen molar-refractivity contribution in [3.8, 4) is 5.88 Å². The Morgan fingerprint density at radius 3 is 2.83 bits per heavy atom. The predicted octanol–water partition coefficient (Wildman–Crippen LogP) is 1.76. The van der Waals surface area contributed by atoms with E-state index in [9.17, 15) is 14.3 Å². The van der Waals surface area contributed by atoms with E-state index in [0.29, 0.717) is 5.88 Å². The van der Waals surface area contributed by atoms with Crippen molar-refractivity contribution in [2.24, 2.45) is 0 Å². The van der Waals surface area contributed by atoms with Crippen LogP contribution in [0.15, 0.2) is 42.6 Å². The van der Waals surface area contributed by atoms with Crippen LogP contribution in [0.1, 0.15) is 17.2 Å². The summed E-state index contributed by atoms with van der Waals surface area (Å²) in [5.74, 6) is -0.0819. The lowest BCUT2D eigenvalue weighted by molar-refractivity contribution is 0.169. The van der Waals surface area contributed by atoms with Crippen LogP contribution in [-0.2, 0) is 6.54 Å². The van der Waals surface area contributed by atoms with Crippen LogP contribution in [-0.4, -0.2) is 29.8 Å². The minimum atomic E-state index is -1.12. The molecule has 0 spiro atoms. The molecule has 0 unspecified atom stereocenters. The number of amides is 2. The Bertz CT molecular complexity index is 667. The summed E-state index contributed by atoms with van der Waals surface area (Å²) in [7, 11) is 1.50. The van der Waals surface area contributed by atoms with Crippen molar-refractivity contribution in [2.75, 3.05) is 13.7 Å². The van der Waals surface area contributed by atoms with Gasteiger partial charge in [-0.1, -0.05) is 24.3 Å². The molecular formula is C16H18FN3O3. The Balaban J connectivity index is 1.82. The number of aromatic nitrogens is 1. The first-order valence-corrected chi connectivity index (χ1v) is 7.04. The number of nitrogens with zero attached hydrogens (tertiary/aromatic N) is 1. The zero-order chi connectivity index (χ0) is 16.7. The van der Waals surface area contributed by atoms with Crippen molar-refractivity contribution in [2.45, 2.75) is 12.6 Å². The van der Waals surface area contributed by atoms with E-state index in [-0.39, 0.29) is 18.7 Å². The quantitative estimate of drug-likeness (QED) is 0.757. The third-order valence-electron chi connectivity index (χ3n) is 3.20. The molecule has 0 fully saturated rings. The predicted molar refractivity (Wildman–Crippen MR) is 82.4 cm³/mol. The zero-order valence-electron chi connectivity index (χ0n) is 12.6. The molecule has 1 aromatic carbocycles. The molecule has 0 aliphatic heterocycles. The number of benzene rings is 1. The second-order valence-electron chi connectivity index (χ2n) is 4.77. The second-order valence-corrected chi connectivity index (χ2v) is 4.77. The SMILES string of the molecule is COc1ncccc1CNC(=O)NC[C@@H](O)c1ccccc1F. The highest BCUT2D eigenvalue weighted by Crippen LogP contribution is 2.15. The molecule has 1 atom stereocenters. The second kappa shape index (κ2) is 8.09. The van der Waals surface area contributed by atoms with Crippen LogP contribution in [0.2, 0.25) is 0 Å². The summed E-state index contributed by atoms with van der Waals surface area (Å²) in [5, 5.41) is 15.0. The first kappa shape index (κ1) is 16.7. The van der Waals surface area contributed by atoms with E-state index in [4.69, 9.17) is 4.74 Å². The number of aliphatic hydroxyl groups is 1. The molecule has 0 saturated carbocycles. The van der Waals surface area contributed by atoms with Crippen molar-refractivity contribution < 1.29 is 19.0 Å². The molecule has 0 aliphatic rings. The van der Waals surface area contributed by atoms with Gasteiger partial charge in [0.2, 0.25) is 5.88 Å². The van der Waals surface area contributed by atoms with Gasteiger partial charge in [-0.15, -0.1) is 0 Å². The van der Waals surface area contributed by atoms with Crippen LogP contribution < -0.4 is 15.4 Å². The van der Waals surface area contributed by atoms with Crippen LogP contribution in [0, 0.1) is 5.82 Å². The maximum absolute atomic E-state index is 13.5. The maximum atomic E-state index is 13.5. The number of urea groups is 1. The highest BCUT2D eigenvalue weighted by Gasteiger charge is 2.13. The van der Waals surface area contributed by atoms with Crippen LogP contribution in [0.25, 0.3) is 0 Å². The first-order valence-electron chi connectivity index (χ1n) is 7.04. The molecule has 2 amide bonds. The van der Waals surface area contributed by atoms with E-state index in [1.54, 1.807) is 24.4 Å². The number of rotatable bonds is 6. The fourth-order valence-corrected chi connectivity index (χ4v) is 2.03. The number of carbonyl (C=O) groups is 1. The first-order chi connectivity index (χ1) is 11.1. The van der Waals surface area contributed by atoms with E-state index < -0.39 is 18.0 Å². The fourth-order valence-electron chi connectivity index (χ4n) is 2.03. The van der Waals surface area contributed by atoms with E-state index >= 15 is 0 Å². The largest absolute Gasteiger partial charge is 0.481 e. The van der Waals surface area contributed by atoms with Crippen molar-refractivity contribution in [1.29, 1.82) is 0 Å².